The van der Waals surface area contributed by atoms with Crippen molar-refractivity contribution in [2.24, 2.45) is 5.10 Å². The Bertz CT molecular complexity index is 999. The quantitative estimate of drug-likeness (QED) is 0.305. The number of nitrogens with one attached hydrogen (secondary N) is 2. The molecular weight excluding hydrogens is 498 g/mol. The summed E-state index contributed by atoms with van der Waals surface area (Å²) < 4.78 is 15.8. The molecule has 0 heterocycles. The van der Waals surface area contributed by atoms with E-state index in [1.165, 1.54) is 13.3 Å². The minimum absolute atomic E-state index is 0.0604. The van der Waals surface area contributed by atoms with Crippen molar-refractivity contribution in [3.63, 3.8) is 0 Å². The first-order chi connectivity index (χ1) is 15.8. The van der Waals surface area contributed by atoms with Gasteiger partial charge in [-0.15, -0.1) is 0 Å². The van der Waals surface area contributed by atoms with Crippen LogP contribution in [0.3, 0.4) is 0 Å². The fourth-order valence-corrected chi connectivity index (χ4v) is 3.32. The van der Waals surface area contributed by atoms with Crippen LogP contribution in [0.4, 0.5) is 4.79 Å². The van der Waals surface area contributed by atoms with Gasteiger partial charge < -0.3 is 24.6 Å². The van der Waals surface area contributed by atoms with Crippen LogP contribution in [0.25, 0.3) is 0 Å². The number of alkyl carbamates (subject to hydrolysis) is 1. The molecule has 0 aliphatic rings. The summed E-state index contributed by atoms with van der Waals surface area (Å²) in [4.78, 5) is 35.0. The van der Waals surface area contributed by atoms with Gasteiger partial charge in [0.15, 0.2) is 18.1 Å². The highest BCUT2D eigenvalue weighted by Gasteiger charge is 2.19. The van der Waals surface area contributed by atoms with Crippen molar-refractivity contribution in [1.82, 2.24) is 10.7 Å². The zero-order chi connectivity index (χ0) is 24.2. The van der Waals surface area contributed by atoms with Gasteiger partial charge in [-0.3, -0.25) is 4.79 Å². The molecule has 11 heteroatoms. The molecule has 0 aliphatic carbocycles. The molecule has 0 saturated heterocycles. The summed E-state index contributed by atoms with van der Waals surface area (Å²) in [5.74, 6) is -1.02. The van der Waals surface area contributed by atoms with Crippen molar-refractivity contribution >= 4 is 40.1 Å². The lowest BCUT2D eigenvalue weighted by atomic mass is 10.0. The van der Waals surface area contributed by atoms with E-state index in [-0.39, 0.29) is 18.8 Å². The highest BCUT2D eigenvalue weighted by atomic mass is 79.9. The van der Waals surface area contributed by atoms with E-state index in [1.54, 1.807) is 43.3 Å². The molecule has 33 heavy (non-hydrogen) atoms. The second-order valence-electron chi connectivity index (χ2n) is 6.54. The van der Waals surface area contributed by atoms with Crippen LogP contribution < -0.4 is 20.2 Å². The number of halogens is 1. The highest BCUT2D eigenvalue weighted by molar-refractivity contribution is 9.10. The minimum Gasteiger partial charge on any atom is -0.493 e. The van der Waals surface area contributed by atoms with Gasteiger partial charge in [0.25, 0.3) is 0 Å². The molecule has 0 radical (unpaired) electrons. The third-order valence-electron chi connectivity index (χ3n) is 4.15. The Morgan fingerprint density at radius 1 is 1.21 bits per heavy atom. The smallest absolute Gasteiger partial charge is 0.407 e. The van der Waals surface area contributed by atoms with Crippen LogP contribution in [-0.4, -0.2) is 49.6 Å². The van der Waals surface area contributed by atoms with Crippen molar-refractivity contribution in [2.75, 3.05) is 20.3 Å². The first kappa shape index (κ1) is 25.7. The fourth-order valence-electron chi connectivity index (χ4n) is 2.75. The largest absolute Gasteiger partial charge is 0.493 e. The van der Waals surface area contributed by atoms with E-state index in [0.29, 0.717) is 15.8 Å². The summed E-state index contributed by atoms with van der Waals surface area (Å²) in [6.07, 6.45) is 0.710. The predicted octanol–water partition coefficient (Wildman–Crippen LogP) is 3.25. The Balaban J connectivity index is 2.05. The van der Waals surface area contributed by atoms with Gasteiger partial charge in [-0.2, -0.15) is 5.10 Å². The molecule has 0 bridgehead atoms. The molecule has 0 aromatic heterocycles. The zero-order valence-electron chi connectivity index (χ0n) is 18.0. The number of rotatable bonds is 11. The normalized spacial score (nSPS) is 11.5. The van der Waals surface area contributed by atoms with Gasteiger partial charge in [-0.05, 0) is 46.1 Å². The van der Waals surface area contributed by atoms with Crippen LogP contribution in [0, 0.1) is 0 Å². The van der Waals surface area contributed by atoms with Crippen molar-refractivity contribution < 1.29 is 33.7 Å². The average Bonchev–Trinajstić information content (AvgIpc) is 2.78. The first-order valence-corrected chi connectivity index (χ1v) is 10.7. The molecular formula is C22H24BrN3O7. The summed E-state index contributed by atoms with van der Waals surface area (Å²) in [5.41, 5.74) is 3.73. The number of nitrogens with zero attached hydrogens (tertiary/aromatic N) is 1. The molecule has 176 valence electrons. The van der Waals surface area contributed by atoms with Crippen LogP contribution in [0.2, 0.25) is 0 Å². The van der Waals surface area contributed by atoms with Gasteiger partial charge in [0.1, 0.15) is 0 Å². The number of ether oxygens (including phenoxy) is 3. The minimum atomic E-state index is -1.12. The Kier molecular flexibility index (Phi) is 10.2. The molecule has 0 fully saturated rings. The lowest BCUT2D eigenvalue weighted by Gasteiger charge is -2.18. The van der Waals surface area contributed by atoms with Crippen molar-refractivity contribution in [3.8, 4) is 11.5 Å². The van der Waals surface area contributed by atoms with E-state index in [2.05, 4.69) is 31.8 Å². The van der Waals surface area contributed by atoms with Gasteiger partial charge >= 0.3 is 12.1 Å². The number of hydrogen-bond donors (Lipinski definition) is 3. The number of carboxylic acids is 1. The maximum Gasteiger partial charge on any atom is 0.407 e. The molecule has 0 spiro atoms. The number of hydrogen-bond acceptors (Lipinski definition) is 7. The van der Waals surface area contributed by atoms with Gasteiger partial charge in [0.05, 0.1) is 36.9 Å². The fraction of sp³-hybridized carbons (Fsp3) is 0.273. The van der Waals surface area contributed by atoms with Crippen LogP contribution in [-0.2, 0) is 14.3 Å². The van der Waals surface area contributed by atoms with E-state index in [1.807, 2.05) is 6.07 Å². The number of hydrazone groups is 1. The summed E-state index contributed by atoms with van der Waals surface area (Å²) >= 11 is 3.30. The molecule has 2 aromatic rings. The summed E-state index contributed by atoms with van der Waals surface area (Å²) in [6, 6.07) is 11.6. The summed E-state index contributed by atoms with van der Waals surface area (Å²) in [7, 11) is 1.42. The van der Waals surface area contributed by atoms with Gasteiger partial charge in [0, 0.05) is 0 Å². The second kappa shape index (κ2) is 13.1. The summed E-state index contributed by atoms with van der Waals surface area (Å²) in [5, 5.41) is 15.4. The van der Waals surface area contributed by atoms with Gasteiger partial charge in [-0.25, -0.2) is 15.0 Å². The van der Waals surface area contributed by atoms with E-state index in [4.69, 9.17) is 19.3 Å². The molecule has 0 aliphatic heterocycles. The molecule has 2 aromatic carbocycles. The van der Waals surface area contributed by atoms with E-state index < -0.39 is 30.6 Å². The number of carboxylic acid groups (broad SMARTS) is 1. The SMILES string of the molecule is CCOC(=O)N[C@H](CC(=O)N/N=C\c1cc(Br)c(OCC(=O)O)c(OC)c1)c1ccccc1. The third-order valence-corrected chi connectivity index (χ3v) is 4.74. The molecule has 2 rings (SSSR count). The maximum absolute atomic E-state index is 12.4. The van der Waals surface area contributed by atoms with Crippen LogP contribution in [0.15, 0.2) is 52.0 Å². The molecule has 10 nitrogen and oxygen atoms in total. The number of methoxy groups -OCH3 is 1. The third kappa shape index (κ3) is 8.45. The Morgan fingerprint density at radius 3 is 2.58 bits per heavy atom. The van der Waals surface area contributed by atoms with Crippen LogP contribution in [0.5, 0.6) is 11.5 Å². The van der Waals surface area contributed by atoms with Crippen LogP contribution >= 0.6 is 15.9 Å². The molecule has 3 N–H and O–H groups in total. The number of carbonyl (C=O) groups excluding carboxylic acids is 2. The topological polar surface area (TPSA) is 136 Å². The van der Waals surface area contributed by atoms with Crippen molar-refractivity contribution in [1.29, 1.82) is 0 Å². The lowest BCUT2D eigenvalue weighted by Crippen LogP contribution is -2.33. The number of amides is 2. The Labute approximate surface area is 199 Å². The van der Waals surface area contributed by atoms with Gasteiger partial charge in [0.2, 0.25) is 5.91 Å². The maximum atomic E-state index is 12.4. The molecule has 0 unspecified atom stereocenters. The summed E-state index contributed by atoms with van der Waals surface area (Å²) in [6.45, 7) is 1.38. The molecule has 0 saturated carbocycles. The monoisotopic (exact) mass is 521 g/mol. The predicted molar refractivity (Wildman–Crippen MR) is 124 cm³/mol. The zero-order valence-corrected chi connectivity index (χ0v) is 19.6. The number of benzene rings is 2. The van der Waals surface area contributed by atoms with E-state index >= 15 is 0 Å². The Hall–Kier alpha value is -3.60. The van der Waals surface area contributed by atoms with Gasteiger partial charge in [-0.1, -0.05) is 30.3 Å². The lowest BCUT2D eigenvalue weighted by molar-refractivity contribution is -0.139. The first-order valence-electron chi connectivity index (χ1n) is 9.86. The highest BCUT2D eigenvalue weighted by Crippen LogP contribution is 2.36. The van der Waals surface area contributed by atoms with Crippen LogP contribution in [0.1, 0.15) is 30.5 Å². The van der Waals surface area contributed by atoms with Crippen molar-refractivity contribution in [3.05, 3.63) is 58.1 Å². The second-order valence-corrected chi connectivity index (χ2v) is 7.40. The number of aliphatic carboxylic acids is 1. The molecule has 1 atom stereocenters. The Morgan fingerprint density at radius 2 is 1.94 bits per heavy atom. The van der Waals surface area contributed by atoms with E-state index in [0.717, 1.165) is 5.56 Å². The standard InChI is InChI=1S/C22H24BrN3O7/c1-3-32-22(30)25-17(15-7-5-4-6-8-15)11-19(27)26-24-12-14-9-16(23)21(18(10-14)31-2)33-13-20(28)29/h4-10,12,17H,3,11,13H2,1-2H3,(H,25,30)(H,26,27)(H,28,29)/b24-12-/t17-/m1/s1. The van der Waals surface area contributed by atoms with E-state index in [9.17, 15) is 14.4 Å². The average molecular weight is 522 g/mol. The molecule has 2 amide bonds. The number of carbonyl (C=O) groups is 3. The van der Waals surface area contributed by atoms with Crippen molar-refractivity contribution in [2.45, 2.75) is 19.4 Å².